The third-order valence-corrected chi connectivity index (χ3v) is 3.88. The van der Waals surface area contributed by atoms with Crippen molar-refractivity contribution in [3.63, 3.8) is 0 Å². The Morgan fingerprint density at radius 3 is 2.56 bits per heavy atom. The Balaban J connectivity index is 2.46. The first-order valence-electron chi connectivity index (χ1n) is 5.90. The Morgan fingerprint density at radius 2 is 1.94 bits per heavy atom. The van der Waals surface area contributed by atoms with Crippen LogP contribution < -0.4 is 5.32 Å². The minimum absolute atomic E-state index is 0.990. The lowest BCUT2D eigenvalue weighted by Crippen LogP contribution is -2.28. The molecule has 0 bridgehead atoms. The van der Waals surface area contributed by atoms with Crippen LogP contribution in [0.5, 0.6) is 0 Å². The van der Waals surface area contributed by atoms with Gasteiger partial charge in [0.1, 0.15) is 0 Å². The lowest BCUT2D eigenvalue weighted by Gasteiger charge is -2.19. The maximum atomic E-state index is 3.61. The van der Waals surface area contributed by atoms with E-state index in [1.807, 2.05) is 0 Å². The molecule has 1 aromatic carbocycles. The predicted molar refractivity (Wildman–Crippen MR) is 75.2 cm³/mol. The fourth-order valence-corrected chi connectivity index (χ4v) is 2.08. The molecule has 0 aromatic heterocycles. The van der Waals surface area contributed by atoms with Gasteiger partial charge < -0.3 is 10.2 Å². The third kappa shape index (κ3) is 3.80. The van der Waals surface area contributed by atoms with E-state index in [9.17, 15) is 0 Å². The van der Waals surface area contributed by atoms with E-state index in [1.165, 1.54) is 15.7 Å². The normalized spacial score (nSPS) is 10.8. The monoisotopic (exact) mass is 284 g/mol. The average molecular weight is 285 g/mol. The van der Waals surface area contributed by atoms with Gasteiger partial charge in [0.05, 0.1) is 0 Å². The van der Waals surface area contributed by atoms with Gasteiger partial charge in [-0.05, 0) is 47.6 Å². The standard InChI is InChI=1S/C13H21BrN2/c1-4-16(5-2)10-9-15-12-8-6-7-11(3)13(12)14/h6-8,15H,4-5,9-10H2,1-3H3. The molecule has 1 rings (SSSR count). The fourth-order valence-electron chi connectivity index (χ4n) is 1.67. The van der Waals surface area contributed by atoms with Gasteiger partial charge in [0.2, 0.25) is 0 Å². The second-order valence-electron chi connectivity index (χ2n) is 3.89. The number of rotatable bonds is 6. The Labute approximate surface area is 107 Å². The van der Waals surface area contributed by atoms with E-state index in [4.69, 9.17) is 0 Å². The molecule has 0 aliphatic heterocycles. The van der Waals surface area contributed by atoms with Crippen LogP contribution in [-0.4, -0.2) is 31.1 Å². The summed E-state index contributed by atoms with van der Waals surface area (Å²) in [5.74, 6) is 0. The van der Waals surface area contributed by atoms with E-state index < -0.39 is 0 Å². The zero-order valence-corrected chi connectivity index (χ0v) is 12.0. The van der Waals surface area contributed by atoms with Gasteiger partial charge in [0.15, 0.2) is 0 Å². The number of aryl methyl sites for hydroxylation is 1. The molecule has 2 nitrogen and oxygen atoms in total. The van der Waals surface area contributed by atoms with Gasteiger partial charge >= 0.3 is 0 Å². The Hall–Kier alpha value is -0.540. The molecule has 0 saturated heterocycles. The van der Waals surface area contributed by atoms with Crippen LogP contribution in [0.3, 0.4) is 0 Å². The summed E-state index contributed by atoms with van der Waals surface area (Å²) < 4.78 is 1.18. The van der Waals surface area contributed by atoms with E-state index in [1.54, 1.807) is 0 Å². The summed E-state index contributed by atoms with van der Waals surface area (Å²) in [7, 11) is 0. The van der Waals surface area contributed by atoms with Crippen molar-refractivity contribution in [2.45, 2.75) is 20.8 Å². The van der Waals surface area contributed by atoms with Crippen molar-refractivity contribution in [3.05, 3.63) is 28.2 Å². The first-order valence-corrected chi connectivity index (χ1v) is 6.69. The van der Waals surface area contributed by atoms with Crippen molar-refractivity contribution in [2.24, 2.45) is 0 Å². The topological polar surface area (TPSA) is 15.3 Å². The summed E-state index contributed by atoms with van der Waals surface area (Å²) >= 11 is 3.61. The average Bonchev–Trinajstić information content (AvgIpc) is 2.30. The van der Waals surface area contributed by atoms with Crippen LogP contribution >= 0.6 is 15.9 Å². The lowest BCUT2D eigenvalue weighted by atomic mass is 10.2. The van der Waals surface area contributed by atoms with Gasteiger partial charge in [-0.15, -0.1) is 0 Å². The van der Waals surface area contributed by atoms with Crippen molar-refractivity contribution in [1.82, 2.24) is 4.90 Å². The molecule has 0 heterocycles. The van der Waals surface area contributed by atoms with Crippen molar-refractivity contribution >= 4 is 21.6 Å². The molecule has 16 heavy (non-hydrogen) atoms. The number of halogens is 1. The van der Waals surface area contributed by atoms with Gasteiger partial charge in [-0.1, -0.05) is 26.0 Å². The van der Waals surface area contributed by atoms with Gasteiger partial charge in [-0.3, -0.25) is 0 Å². The SMILES string of the molecule is CCN(CC)CCNc1cccc(C)c1Br. The highest BCUT2D eigenvalue weighted by Gasteiger charge is 2.02. The number of likely N-dealkylation sites (N-methyl/N-ethyl adjacent to an activating group) is 1. The highest BCUT2D eigenvalue weighted by molar-refractivity contribution is 9.10. The Morgan fingerprint density at radius 1 is 1.25 bits per heavy atom. The summed E-state index contributed by atoms with van der Waals surface area (Å²) in [6.07, 6.45) is 0. The van der Waals surface area contributed by atoms with Gasteiger partial charge in [0.25, 0.3) is 0 Å². The van der Waals surface area contributed by atoms with Crippen molar-refractivity contribution in [1.29, 1.82) is 0 Å². The Bertz CT molecular complexity index is 322. The van der Waals surface area contributed by atoms with Gasteiger partial charge in [-0.2, -0.15) is 0 Å². The van der Waals surface area contributed by atoms with E-state index in [0.717, 1.165) is 26.2 Å². The summed E-state index contributed by atoms with van der Waals surface area (Å²) in [4.78, 5) is 2.41. The molecule has 0 atom stereocenters. The molecule has 1 aromatic rings. The summed E-state index contributed by atoms with van der Waals surface area (Å²) in [6.45, 7) is 10.8. The molecule has 0 aliphatic carbocycles. The van der Waals surface area contributed by atoms with Crippen LogP contribution in [0.4, 0.5) is 5.69 Å². The number of hydrogen-bond acceptors (Lipinski definition) is 2. The first-order chi connectivity index (χ1) is 7.69. The van der Waals surface area contributed by atoms with Crippen LogP contribution in [0.15, 0.2) is 22.7 Å². The minimum Gasteiger partial charge on any atom is -0.383 e. The third-order valence-electron chi connectivity index (χ3n) is 2.83. The van der Waals surface area contributed by atoms with Crippen molar-refractivity contribution in [3.8, 4) is 0 Å². The molecule has 0 aliphatic rings. The molecule has 0 amide bonds. The molecule has 0 saturated carbocycles. The molecule has 3 heteroatoms. The van der Waals surface area contributed by atoms with Crippen LogP contribution in [0.1, 0.15) is 19.4 Å². The smallest absolute Gasteiger partial charge is 0.0487 e. The number of benzene rings is 1. The highest BCUT2D eigenvalue weighted by atomic mass is 79.9. The van der Waals surface area contributed by atoms with E-state index >= 15 is 0 Å². The summed E-state index contributed by atoms with van der Waals surface area (Å²) in [6, 6.07) is 6.30. The highest BCUT2D eigenvalue weighted by Crippen LogP contribution is 2.25. The number of hydrogen-bond donors (Lipinski definition) is 1. The van der Waals surface area contributed by atoms with Crippen LogP contribution in [0, 0.1) is 6.92 Å². The zero-order valence-electron chi connectivity index (χ0n) is 10.4. The van der Waals surface area contributed by atoms with Crippen LogP contribution in [-0.2, 0) is 0 Å². The van der Waals surface area contributed by atoms with Crippen LogP contribution in [0.2, 0.25) is 0 Å². The summed E-state index contributed by atoms with van der Waals surface area (Å²) in [5.41, 5.74) is 2.46. The number of nitrogens with zero attached hydrogens (tertiary/aromatic N) is 1. The first kappa shape index (κ1) is 13.5. The second-order valence-corrected chi connectivity index (χ2v) is 4.68. The molecule has 90 valence electrons. The van der Waals surface area contributed by atoms with Gasteiger partial charge in [0, 0.05) is 23.2 Å². The fraction of sp³-hybridized carbons (Fsp3) is 0.538. The van der Waals surface area contributed by atoms with Crippen molar-refractivity contribution < 1.29 is 0 Å². The minimum atomic E-state index is 0.990. The molecular weight excluding hydrogens is 264 g/mol. The van der Waals surface area contributed by atoms with E-state index in [-0.39, 0.29) is 0 Å². The molecular formula is C13H21BrN2. The maximum absolute atomic E-state index is 3.61. The van der Waals surface area contributed by atoms with Crippen LogP contribution in [0.25, 0.3) is 0 Å². The van der Waals surface area contributed by atoms with Gasteiger partial charge in [-0.25, -0.2) is 0 Å². The van der Waals surface area contributed by atoms with E-state index in [0.29, 0.717) is 0 Å². The zero-order chi connectivity index (χ0) is 12.0. The van der Waals surface area contributed by atoms with Crippen molar-refractivity contribution in [2.75, 3.05) is 31.5 Å². The summed E-state index contributed by atoms with van der Waals surface area (Å²) in [5, 5.41) is 3.46. The molecule has 0 fully saturated rings. The predicted octanol–water partition coefficient (Wildman–Crippen LogP) is 3.51. The quantitative estimate of drug-likeness (QED) is 0.860. The number of nitrogens with one attached hydrogen (secondary N) is 1. The number of anilines is 1. The Kier molecular flexibility index (Phi) is 5.85. The molecule has 0 unspecified atom stereocenters. The molecule has 0 radical (unpaired) electrons. The largest absolute Gasteiger partial charge is 0.383 e. The second kappa shape index (κ2) is 6.92. The molecule has 1 N–H and O–H groups in total. The van der Waals surface area contributed by atoms with E-state index in [2.05, 4.69) is 65.1 Å². The lowest BCUT2D eigenvalue weighted by molar-refractivity contribution is 0.316. The maximum Gasteiger partial charge on any atom is 0.0487 e. The molecule has 0 spiro atoms.